The smallest absolute Gasteiger partial charge is 0.282 e. The average Bonchev–Trinajstić information content (AvgIpc) is 3.25. The van der Waals surface area contributed by atoms with Crippen LogP contribution in [0.3, 0.4) is 0 Å². The first-order chi connectivity index (χ1) is 13.2. The van der Waals surface area contributed by atoms with Gasteiger partial charge in [-0.25, -0.2) is 9.07 Å². The van der Waals surface area contributed by atoms with Gasteiger partial charge in [0.15, 0.2) is 5.82 Å². The Morgan fingerprint density at radius 2 is 1.93 bits per heavy atom. The van der Waals surface area contributed by atoms with Crippen LogP contribution < -0.4 is 11.2 Å². The summed E-state index contributed by atoms with van der Waals surface area (Å²) < 4.78 is 14.4. The number of thioether (sulfide) groups is 1. The minimum atomic E-state index is -0.324. The summed E-state index contributed by atoms with van der Waals surface area (Å²) in [6, 6.07) is 5.94. The minimum absolute atomic E-state index is 0.209. The van der Waals surface area contributed by atoms with Gasteiger partial charge in [-0.15, -0.1) is 20.4 Å². The van der Waals surface area contributed by atoms with Crippen molar-refractivity contribution in [2.75, 3.05) is 5.84 Å². The molecule has 2 heterocycles. The van der Waals surface area contributed by atoms with Crippen molar-refractivity contribution in [1.29, 1.82) is 0 Å². The molecule has 1 amide bonds. The molecule has 0 atom stereocenters. The highest BCUT2D eigenvalue weighted by Crippen LogP contribution is 2.26. The molecule has 0 radical (unpaired) electrons. The van der Waals surface area contributed by atoms with Crippen LogP contribution >= 0.6 is 23.1 Å². The highest BCUT2D eigenvalue weighted by Gasteiger charge is 2.23. The van der Waals surface area contributed by atoms with Crippen LogP contribution in [0.2, 0.25) is 0 Å². The van der Waals surface area contributed by atoms with Crippen LogP contribution in [-0.4, -0.2) is 31.0 Å². The zero-order valence-corrected chi connectivity index (χ0v) is 17.3. The van der Waals surface area contributed by atoms with Gasteiger partial charge in [0.05, 0.1) is 5.75 Å². The van der Waals surface area contributed by atoms with Gasteiger partial charge >= 0.3 is 0 Å². The van der Waals surface area contributed by atoms with E-state index in [9.17, 15) is 9.18 Å². The summed E-state index contributed by atoms with van der Waals surface area (Å²) in [6.45, 7) is 6.32. The molecular weight excluding hydrogens is 401 g/mol. The minimum Gasteiger partial charge on any atom is -0.346 e. The first-order valence-electron chi connectivity index (χ1n) is 8.43. The van der Waals surface area contributed by atoms with Crippen LogP contribution in [0.15, 0.2) is 29.4 Å². The van der Waals surface area contributed by atoms with Gasteiger partial charge in [0.1, 0.15) is 10.8 Å². The monoisotopic (exact) mass is 421 g/mol. The van der Waals surface area contributed by atoms with Gasteiger partial charge in [-0.2, -0.15) is 0 Å². The number of nitrogens with two attached hydrogens (primary N) is 1. The lowest BCUT2D eigenvalue weighted by Gasteiger charge is -2.16. The first-order valence-corrected chi connectivity index (χ1v) is 10.2. The van der Waals surface area contributed by atoms with E-state index in [1.54, 1.807) is 12.1 Å². The number of rotatable bonds is 6. The van der Waals surface area contributed by atoms with Crippen molar-refractivity contribution in [2.45, 2.75) is 43.6 Å². The molecule has 0 aliphatic heterocycles. The van der Waals surface area contributed by atoms with E-state index in [0.717, 1.165) is 5.56 Å². The highest BCUT2D eigenvalue weighted by molar-refractivity contribution is 7.98. The number of carbonyl (C=O) groups excluding carboxylic acids is 1. The Balaban J connectivity index is 1.56. The van der Waals surface area contributed by atoms with Crippen LogP contribution in [0.5, 0.6) is 0 Å². The number of benzene rings is 1. The third-order valence-corrected chi connectivity index (χ3v) is 5.75. The van der Waals surface area contributed by atoms with E-state index in [0.29, 0.717) is 21.7 Å². The van der Waals surface area contributed by atoms with Gasteiger partial charge in [-0.3, -0.25) is 4.79 Å². The Labute approximate surface area is 169 Å². The molecule has 0 saturated carbocycles. The zero-order chi connectivity index (χ0) is 20.3. The van der Waals surface area contributed by atoms with Crippen LogP contribution in [-0.2, 0) is 17.7 Å². The van der Waals surface area contributed by atoms with E-state index in [4.69, 9.17) is 5.84 Å². The molecule has 0 fully saturated rings. The normalized spacial score (nSPS) is 11.6. The molecular formula is C17H20FN7OS2. The number of amides is 1. The third-order valence-electron chi connectivity index (χ3n) is 3.69. The van der Waals surface area contributed by atoms with Gasteiger partial charge < -0.3 is 11.2 Å². The Bertz CT molecular complexity index is 963. The van der Waals surface area contributed by atoms with Crippen LogP contribution in [0.4, 0.5) is 4.39 Å². The average molecular weight is 422 g/mol. The lowest BCUT2D eigenvalue weighted by Crippen LogP contribution is -2.24. The quantitative estimate of drug-likeness (QED) is 0.464. The van der Waals surface area contributed by atoms with Crippen molar-refractivity contribution in [3.05, 3.63) is 51.5 Å². The predicted octanol–water partition coefficient (Wildman–Crippen LogP) is 2.50. The van der Waals surface area contributed by atoms with Gasteiger partial charge in [0.2, 0.25) is 10.2 Å². The molecule has 0 spiro atoms. The van der Waals surface area contributed by atoms with Gasteiger partial charge in [0.25, 0.3) is 5.91 Å². The second kappa shape index (κ2) is 8.23. The van der Waals surface area contributed by atoms with Crippen LogP contribution in [0.25, 0.3) is 0 Å². The summed E-state index contributed by atoms with van der Waals surface area (Å²) in [4.78, 5) is 12.2. The third kappa shape index (κ3) is 4.84. The lowest BCUT2D eigenvalue weighted by molar-refractivity contribution is 0.0950. The summed E-state index contributed by atoms with van der Waals surface area (Å²) >= 11 is 2.58. The SMILES string of the molecule is CC(C)(C)c1nnc(SCc2nnc(C(=O)NCc3ccc(F)cc3)s2)n1N. The predicted molar refractivity (Wildman–Crippen MR) is 106 cm³/mol. The molecule has 0 unspecified atom stereocenters. The molecule has 2 aromatic heterocycles. The van der Waals surface area contributed by atoms with Gasteiger partial charge in [-0.05, 0) is 17.7 Å². The summed E-state index contributed by atoms with van der Waals surface area (Å²) in [5, 5.41) is 20.5. The second-order valence-electron chi connectivity index (χ2n) is 7.02. The van der Waals surface area contributed by atoms with Gasteiger partial charge in [0, 0.05) is 12.0 Å². The van der Waals surface area contributed by atoms with E-state index < -0.39 is 0 Å². The Morgan fingerprint density at radius 1 is 1.21 bits per heavy atom. The Kier molecular flexibility index (Phi) is 5.94. The second-order valence-corrected chi connectivity index (χ2v) is 9.03. The molecule has 0 bridgehead atoms. The first kappa shape index (κ1) is 20.2. The van der Waals surface area contributed by atoms with E-state index in [1.165, 1.54) is 39.9 Å². The Hall–Kier alpha value is -2.53. The number of nitrogens with one attached hydrogen (secondary N) is 1. The van der Waals surface area contributed by atoms with Crippen molar-refractivity contribution in [3.63, 3.8) is 0 Å². The summed E-state index contributed by atoms with van der Waals surface area (Å²) in [7, 11) is 0. The number of hydrogen-bond donors (Lipinski definition) is 2. The number of halogens is 1. The number of carbonyl (C=O) groups is 1. The molecule has 1 aromatic carbocycles. The topological polar surface area (TPSA) is 112 Å². The fourth-order valence-corrected chi connectivity index (χ4v) is 3.88. The molecule has 11 heteroatoms. The summed E-state index contributed by atoms with van der Waals surface area (Å²) in [5.41, 5.74) is 0.589. The molecule has 3 N–H and O–H groups in total. The van der Waals surface area contributed by atoms with Crippen LogP contribution in [0, 0.1) is 5.82 Å². The van der Waals surface area contributed by atoms with E-state index in [1.807, 2.05) is 20.8 Å². The molecule has 28 heavy (non-hydrogen) atoms. The van der Waals surface area contributed by atoms with Crippen molar-refractivity contribution < 1.29 is 9.18 Å². The number of hydrogen-bond acceptors (Lipinski definition) is 8. The van der Waals surface area contributed by atoms with Crippen molar-refractivity contribution in [1.82, 2.24) is 30.4 Å². The van der Waals surface area contributed by atoms with Crippen molar-refractivity contribution >= 4 is 29.0 Å². The number of nitrogen functional groups attached to an aromatic ring is 1. The van der Waals surface area contributed by atoms with Gasteiger partial charge in [-0.1, -0.05) is 56.0 Å². The molecule has 3 rings (SSSR count). The summed E-state index contributed by atoms with van der Waals surface area (Å²) in [5.74, 6) is 6.59. The molecule has 3 aromatic rings. The standard InChI is InChI=1S/C17H20FN7OS2/c1-17(2,3)15-23-24-16(25(15)19)27-9-12-21-22-14(28-12)13(26)20-8-10-4-6-11(18)7-5-10/h4-7H,8-9,19H2,1-3H3,(H,20,26). The molecule has 0 saturated heterocycles. The highest BCUT2D eigenvalue weighted by atomic mass is 32.2. The maximum Gasteiger partial charge on any atom is 0.282 e. The summed E-state index contributed by atoms with van der Waals surface area (Å²) in [6.07, 6.45) is 0. The molecule has 0 aliphatic rings. The fourth-order valence-electron chi connectivity index (χ4n) is 2.28. The maximum absolute atomic E-state index is 12.9. The largest absolute Gasteiger partial charge is 0.346 e. The zero-order valence-electron chi connectivity index (χ0n) is 15.6. The maximum atomic E-state index is 12.9. The Morgan fingerprint density at radius 3 is 2.57 bits per heavy atom. The van der Waals surface area contributed by atoms with Crippen molar-refractivity contribution in [3.8, 4) is 0 Å². The number of aromatic nitrogens is 5. The van der Waals surface area contributed by atoms with E-state index in [-0.39, 0.29) is 28.7 Å². The molecule has 0 aliphatic carbocycles. The van der Waals surface area contributed by atoms with Crippen LogP contribution in [0.1, 0.15) is 47.0 Å². The van der Waals surface area contributed by atoms with Crippen molar-refractivity contribution in [2.24, 2.45) is 0 Å². The van der Waals surface area contributed by atoms with E-state index >= 15 is 0 Å². The molecule has 148 valence electrons. The van der Waals surface area contributed by atoms with E-state index in [2.05, 4.69) is 25.7 Å². The fraction of sp³-hybridized carbons (Fsp3) is 0.353. The lowest BCUT2D eigenvalue weighted by atomic mass is 9.96. The molecule has 8 nitrogen and oxygen atoms in total. The number of nitrogens with zero attached hydrogens (tertiary/aromatic N) is 5.